The Morgan fingerprint density at radius 1 is 1.18 bits per heavy atom. The minimum absolute atomic E-state index is 0.215. The number of carbonyl (C=O) groups excluding carboxylic acids is 1. The molecule has 3 rings (SSSR count). The normalized spacial score (nSPS) is 10.9. The first-order valence-electron chi connectivity index (χ1n) is 6.62. The Morgan fingerprint density at radius 2 is 2.00 bits per heavy atom. The fourth-order valence-electron chi connectivity index (χ4n) is 2.12. The molecule has 0 fully saturated rings. The molecule has 0 radical (unpaired) electrons. The number of halogens is 2. The summed E-state index contributed by atoms with van der Waals surface area (Å²) in [6.45, 7) is 2.18. The Bertz CT molecular complexity index is 858. The summed E-state index contributed by atoms with van der Waals surface area (Å²) >= 11 is 11.7. The predicted octanol–water partition coefficient (Wildman–Crippen LogP) is 4.37. The number of aryl methyl sites for hydroxylation is 1. The maximum atomic E-state index is 12.1. The van der Waals surface area contributed by atoms with Gasteiger partial charge in [-0.2, -0.15) is 0 Å². The van der Waals surface area contributed by atoms with E-state index in [1.54, 1.807) is 25.1 Å². The molecule has 0 aliphatic carbocycles. The highest BCUT2D eigenvalue weighted by Gasteiger charge is 2.09. The summed E-state index contributed by atoms with van der Waals surface area (Å²) in [5.74, 6) is 0.402. The second-order valence-electron chi connectivity index (χ2n) is 4.85. The molecule has 0 spiro atoms. The van der Waals surface area contributed by atoms with Crippen LogP contribution in [0, 0.1) is 6.92 Å². The Labute approximate surface area is 137 Å². The fraction of sp³-hybridized carbons (Fsp3) is 0.125. The number of hydrogen-bond donors (Lipinski definition) is 1. The van der Waals surface area contributed by atoms with Gasteiger partial charge in [-0.05, 0) is 35.9 Å². The van der Waals surface area contributed by atoms with Crippen molar-refractivity contribution in [3.8, 4) is 0 Å². The van der Waals surface area contributed by atoms with E-state index in [9.17, 15) is 4.79 Å². The molecule has 0 unspecified atom stereocenters. The van der Waals surface area contributed by atoms with Crippen LogP contribution in [0.15, 0.2) is 40.8 Å². The molecule has 112 valence electrons. The predicted molar refractivity (Wildman–Crippen MR) is 86.4 cm³/mol. The summed E-state index contributed by atoms with van der Waals surface area (Å²) in [6, 6.07) is 10.4. The van der Waals surface area contributed by atoms with Crippen LogP contribution in [0.25, 0.3) is 11.1 Å². The lowest BCUT2D eigenvalue weighted by atomic mass is 10.2. The van der Waals surface area contributed by atoms with Gasteiger partial charge in [-0.25, -0.2) is 4.98 Å². The van der Waals surface area contributed by atoms with E-state index in [-0.39, 0.29) is 5.91 Å². The molecule has 1 aromatic heterocycles. The van der Waals surface area contributed by atoms with E-state index < -0.39 is 0 Å². The zero-order chi connectivity index (χ0) is 15.7. The molecular weight excluding hydrogens is 323 g/mol. The van der Waals surface area contributed by atoms with Gasteiger partial charge < -0.3 is 9.73 Å². The number of benzene rings is 2. The van der Waals surface area contributed by atoms with Crippen molar-refractivity contribution in [1.82, 2.24) is 10.3 Å². The van der Waals surface area contributed by atoms with Gasteiger partial charge in [0.15, 0.2) is 11.5 Å². The molecule has 0 atom stereocenters. The van der Waals surface area contributed by atoms with Gasteiger partial charge >= 0.3 is 0 Å². The zero-order valence-electron chi connectivity index (χ0n) is 11.7. The fourth-order valence-corrected chi connectivity index (χ4v) is 2.41. The van der Waals surface area contributed by atoms with Crippen molar-refractivity contribution in [3.05, 3.63) is 63.5 Å². The van der Waals surface area contributed by atoms with Gasteiger partial charge in [-0.15, -0.1) is 0 Å². The summed E-state index contributed by atoms with van der Waals surface area (Å²) in [5, 5.41) is 3.61. The topological polar surface area (TPSA) is 55.1 Å². The molecule has 0 saturated carbocycles. The third-order valence-corrected chi connectivity index (χ3v) is 3.93. The van der Waals surface area contributed by atoms with E-state index in [1.165, 1.54) is 0 Å². The van der Waals surface area contributed by atoms with Crippen LogP contribution in [0.3, 0.4) is 0 Å². The van der Waals surface area contributed by atoms with Crippen LogP contribution in [-0.2, 0) is 6.54 Å². The summed E-state index contributed by atoms with van der Waals surface area (Å²) in [7, 11) is 0. The third kappa shape index (κ3) is 3.08. The highest BCUT2D eigenvalue weighted by atomic mass is 35.5. The van der Waals surface area contributed by atoms with E-state index in [2.05, 4.69) is 10.3 Å². The number of amides is 1. The molecule has 3 aromatic rings. The third-order valence-electron chi connectivity index (χ3n) is 3.19. The quantitative estimate of drug-likeness (QED) is 0.773. The first-order chi connectivity index (χ1) is 10.5. The van der Waals surface area contributed by atoms with Gasteiger partial charge in [-0.3, -0.25) is 4.79 Å². The van der Waals surface area contributed by atoms with Crippen molar-refractivity contribution in [2.45, 2.75) is 13.5 Å². The van der Waals surface area contributed by atoms with E-state index in [4.69, 9.17) is 27.6 Å². The van der Waals surface area contributed by atoms with E-state index >= 15 is 0 Å². The molecule has 1 heterocycles. The first-order valence-corrected chi connectivity index (χ1v) is 7.38. The molecule has 4 nitrogen and oxygen atoms in total. The maximum Gasteiger partial charge on any atom is 0.251 e. The van der Waals surface area contributed by atoms with Gasteiger partial charge in [0.2, 0.25) is 0 Å². The van der Waals surface area contributed by atoms with Crippen LogP contribution in [0.4, 0.5) is 0 Å². The number of nitrogens with zero attached hydrogens (tertiary/aromatic N) is 1. The van der Waals surface area contributed by atoms with Crippen molar-refractivity contribution >= 4 is 40.2 Å². The average molecular weight is 335 g/mol. The van der Waals surface area contributed by atoms with Crippen molar-refractivity contribution in [2.75, 3.05) is 0 Å². The van der Waals surface area contributed by atoms with Crippen LogP contribution in [0.1, 0.15) is 21.8 Å². The number of fused-ring (bicyclic) bond motifs is 1. The first kappa shape index (κ1) is 14.9. The Balaban J connectivity index is 1.72. The highest BCUT2D eigenvalue weighted by Crippen LogP contribution is 2.22. The van der Waals surface area contributed by atoms with Crippen molar-refractivity contribution < 1.29 is 9.21 Å². The second kappa shape index (κ2) is 5.99. The van der Waals surface area contributed by atoms with E-state index in [0.29, 0.717) is 33.6 Å². The van der Waals surface area contributed by atoms with Crippen LogP contribution in [0.5, 0.6) is 0 Å². The monoisotopic (exact) mass is 334 g/mol. The smallest absolute Gasteiger partial charge is 0.251 e. The zero-order valence-corrected chi connectivity index (χ0v) is 13.2. The van der Waals surface area contributed by atoms with Gasteiger partial charge in [0.05, 0.1) is 10.0 Å². The molecule has 0 bridgehead atoms. The number of rotatable bonds is 3. The van der Waals surface area contributed by atoms with E-state index in [0.717, 1.165) is 11.1 Å². The highest BCUT2D eigenvalue weighted by molar-refractivity contribution is 6.42. The SMILES string of the molecule is Cc1nc2ccc(CNC(=O)c3ccc(Cl)c(Cl)c3)cc2o1. The summed E-state index contributed by atoms with van der Waals surface area (Å²) in [6.07, 6.45) is 0. The molecule has 1 N–H and O–H groups in total. The summed E-state index contributed by atoms with van der Waals surface area (Å²) in [4.78, 5) is 16.3. The average Bonchev–Trinajstić information content (AvgIpc) is 2.86. The lowest BCUT2D eigenvalue weighted by Gasteiger charge is -2.06. The van der Waals surface area contributed by atoms with E-state index in [1.807, 2.05) is 18.2 Å². The Morgan fingerprint density at radius 3 is 2.77 bits per heavy atom. The number of nitrogens with one attached hydrogen (secondary N) is 1. The molecule has 2 aromatic carbocycles. The van der Waals surface area contributed by atoms with Crippen LogP contribution in [-0.4, -0.2) is 10.9 Å². The van der Waals surface area contributed by atoms with Crippen LogP contribution < -0.4 is 5.32 Å². The number of oxazole rings is 1. The van der Waals surface area contributed by atoms with Gasteiger partial charge in [0, 0.05) is 19.0 Å². The number of aromatic nitrogens is 1. The summed E-state index contributed by atoms with van der Waals surface area (Å²) < 4.78 is 5.47. The lowest BCUT2D eigenvalue weighted by molar-refractivity contribution is 0.0951. The largest absolute Gasteiger partial charge is 0.441 e. The molecule has 0 aliphatic heterocycles. The Kier molecular flexibility index (Phi) is 4.05. The van der Waals surface area contributed by atoms with Crippen LogP contribution >= 0.6 is 23.2 Å². The second-order valence-corrected chi connectivity index (χ2v) is 5.66. The van der Waals surface area contributed by atoms with Gasteiger partial charge in [0.25, 0.3) is 5.91 Å². The number of hydrogen-bond acceptors (Lipinski definition) is 3. The van der Waals surface area contributed by atoms with Gasteiger partial charge in [0.1, 0.15) is 5.52 Å². The standard InChI is InChI=1S/C16H12Cl2N2O2/c1-9-20-14-5-2-10(6-15(14)22-9)8-19-16(21)11-3-4-12(17)13(18)7-11/h2-7H,8H2,1H3,(H,19,21). The maximum absolute atomic E-state index is 12.1. The molecule has 0 saturated heterocycles. The molecule has 1 amide bonds. The number of carbonyl (C=O) groups is 1. The Hall–Kier alpha value is -2.04. The minimum Gasteiger partial charge on any atom is -0.441 e. The van der Waals surface area contributed by atoms with Crippen molar-refractivity contribution in [2.24, 2.45) is 0 Å². The molecule has 6 heteroatoms. The van der Waals surface area contributed by atoms with Crippen molar-refractivity contribution in [3.63, 3.8) is 0 Å². The van der Waals surface area contributed by atoms with Gasteiger partial charge in [-0.1, -0.05) is 29.3 Å². The lowest BCUT2D eigenvalue weighted by Crippen LogP contribution is -2.22. The molecular formula is C16H12Cl2N2O2. The van der Waals surface area contributed by atoms with Crippen LogP contribution in [0.2, 0.25) is 10.0 Å². The minimum atomic E-state index is -0.215. The summed E-state index contributed by atoms with van der Waals surface area (Å²) in [5.41, 5.74) is 2.90. The molecule has 0 aliphatic rings. The molecule has 22 heavy (non-hydrogen) atoms. The van der Waals surface area contributed by atoms with Crippen molar-refractivity contribution in [1.29, 1.82) is 0 Å².